The van der Waals surface area contributed by atoms with Crippen LogP contribution in [0.3, 0.4) is 0 Å². The van der Waals surface area contributed by atoms with Crippen LogP contribution in [0, 0.1) is 0 Å². The van der Waals surface area contributed by atoms with E-state index in [1.807, 2.05) is 28.8 Å². The van der Waals surface area contributed by atoms with E-state index < -0.39 is 11.2 Å². The first-order chi connectivity index (χ1) is 14.0. The number of aryl methyl sites for hydroxylation is 1. The average Bonchev–Trinajstić information content (AvgIpc) is 3.11. The maximum absolute atomic E-state index is 12.5. The van der Waals surface area contributed by atoms with E-state index in [0.29, 0.717) is 35.3 Å². The number of halogens is 1. The minimum Gasteiger partial charge on any atom is -0.383 e. The number of nitrogens with one attached hydrogen (secondary N) is 1. The molecule has 1 aromatic carbocycles. The number of anilines is 2. The lowest BCUT2D eigenvalue weighted by molar-refractivity contribution is 0.188. The van der Waals surface area contributed by atoms with Gasteiger partial charge in [-0.2, -0.15) is 4.98 Å². The topological polar surface area (TPSA) is 88.4 Å². The highest BCUT2D eigenvalue weighted by Crippen LogP contribution is 2.24. The number of hydrogen-bond acceptors (Lipinski definition) is 6. The number of H-pyrrole nitrogens is 1. The first-order valence-corrected chi connectivity index (χ1v) is 9.81. The molecule has 29 heavy (non-hydrogen) atoms. The zero-order valence-electron chi connectivity index (χ0n) is 16.4. The van der Waals surface area contributed by atoms with E-state index in [-0.39, 0.29) is 0 Å². The molecule has 1 aliphatic heterocycles. The highest BCUT2D eigenvalue weighted by Gasteiger charge is 2.25. The number of imidazole rings is 1. The number of aromatic nitrogens is 4. The van der Waals surface area contributed by atoms with Gasteiger partial charge in [-0.15, -0.1) is 0 Å². The molecule has 0 saturated carbocycles. The standard InChI is InChI=1S/C19H23ClN6O3/c1-23-16-15(17(27)22-19(23)28)26(10-11-29-2)18(21-16)25-8-6-24(7-9-25)14-5-3-4-13(20)12-14/h3-5,12H,6-11H2,1-2H3,(H,22,27,28). The molecule has 4 rings (SSSR count). The molecule has 0 amide bonds. The lowest BCUT2D eigenvalue weighted by atomic mass is 10.2. The lowest BCUT2D eigenvalue weighted by Gasteiger charge is -2.36. The van der Waals surface area contributed by atoms with Crippen molar-refractivity contribution in [1.29, 1.82) is 0 Å². The van der Waals surface area contributed by atoms with Crippen LogP contribution in [-0.4, -0.2) is 59.0 Å². The molecule has 3 aromatic rings. The van der Waals surface area contributed by atoms with Gasteiger partial charge in [-0.05, 0) is 18.2 Å². The summed E-state index contributed by atoms with van der Waals surface area (Å²) in [7, 11) is 3.22. The Kier molecular flexibility index (Phi) is 5.33. The quantitative estimate of drug-likeness (QED) is 0.666. The van der Waals surface area contributed by atoms with Crippen LogP contribution in [0.25, 0.3) is 11.2 Å². The second-order valence-corrected chi connectivity index (χ2v) is 7.44. The fourth-order valence-corrected chi connectivity index (χ4v) is 3.88. The molecule has 1 aliphatic rings. The highest BCUT2D eigenvalue weighted by molar-refractivity contribution is 6.30. The molecule has 0 atom stereocenters. The van der Waals surface area contributed by atoms with E-state index in [1.54, 1.807) is 14.2 Å². The normalized spacial score (nSPS) is 14.7. The van der Waals surface area contributed by atoms with Crippen LogP contribution in [0.1, 0.15) is 0 Å². The number of nitrogens with zero attached hydrogens (tertiary/aromatic N) is 5. The largest absolute Gasteiger partial charge is 0.383 e. The van der Waals surface area contributed by atoms with Crippen molar-refractivity contribution in [3.63, 3.8) is 0 Å². The molecule has 0 spiro atoms. The van der Waals surface area contributed by atoms with Gasteiger partial charge in [0.15, 0.2) is 11.2 Å². The van der Waals surface area contributed by atoms with Crippen LogP contribution in [0.2, 0.25) is 5.02 Å². The summed E-state index contributed by atoms with van der Waals surface area (Å²) < 4.78 is 8.42. The van der Waals surface area contributed by atoms with Crippen molar-refractivity contribution < 1.29 is 4.74 Å². The smallest absolute Gasteiger partial charge is 0.329 e. The predicted molar refractivity (Wildman–Crippen MR) is 113 cm³/mol. The third-order valence-corrected chi connectivity index (χ3v) is 5.48. The summed E-state index contributed by atoms with van der Waals surface area (Å²) in [5, 5.41) is 0.714. The Balaban J connectivity index is 1.67. The zero-order valence-corrected chi connectivity index (χ0v) is 17.1. The Hall–Kier alpha value is -2.78. The maximum Gasteiger partial charge on any atom is 0.329 e. The van der Waals surface area contributed by atoms with Crippen LogP contribution in [-0.2, 0) is 18.3 Å². The number of methoxy groups -OCH3 is 1. The van der Waals surface area contributed by atoms with E-state index in [9.17, 15) is 9.59 Å². The molecule has 3 heterocycles. The zero-order chi connectivity index (χ0) is 20.5. The Morgan fingerprint density at radius 2 is 1.90 bits per heavy atom. The third kappa shape index (κ3) is 3.63. The van der Waals surface area contributed by atoms with E-state index in [2.05, 4.69) is 19.8 Å². The summed E-state index contributed by atoms with van der Waals surface area (Å²) in [6.07, 6.45) is 0. The SMILES string of the molecule is COCCn1c(N2CCN(c3cccc(Cl)c3)CC2)nc2c1c(=O)[nH]c(=O)n2C. The number of ether oxygens (including phenoxy) is 1. The molecule has 2 aromatic heterocycles. The molecule has 9 nitrogen and oxygen atoms in total. The monoisotopic (exact) mass is 418 g/mol. The maximum atomic E-state index is 12.5. The van der Waals surface area contributed by atoms with Gasteiger partial charge >= 0.3 is 5.69 Å². The molecule has 154 valence electrons. The van der Waals surface area contributed by atoms with Gasteiger partial charge in [-0.3, -0.25) is 14.3 Å². The third-order valence-electron chi connectivity index (χ3n) is 5.24. The molecule has 1 saturated heterocycles. The number of aromatic amines is 1. The molecule has 0 bridgehead atoms. The van der Waals surface area contributed by atoms with Gasteiger partial charge in [0.05, 0.1) is 6.61 Å². The number of benzene rings is 1. The van der Waals surface area contributed by atoms with Gasteiger partial charge in [0.25, 0.3) is 5.56 Å². The Labute approximate surface area is 172 Å². The van der Waals surface area contributed by atoms with E-state index in [1.165, 1.54) is 4.57 Å². The van der Waals surface area contributed by atoms with Gasteiger partial charge in [0.1, 0.15) is 0 Å². The second-order valence-electron chi connectivity index (χ2n) is 7.00. The van der Waals surface area contributed by atoms with E-state index in [4.69, 9.17) is 16.3 Å². The molecule has 0 unspecified atom stereocenters. The van der Waals surface area contributed by atoms with E-state index >= 15 is 0 Å². The Morgan fingerprint density at radius 1 is 1.17 bits per heavy atom. The summed E-state index contributed by atoms with van der Waals surface area (Å²) in [6, 6.07) is 7.81. The summed E-state index contributed by atoms with van der Waals surface area (Å²) in [5.41, 5.74) is 0.939. The summed E-state index contributed by atoms with van der Waals surface area (Å²) in [4.78, 5) is 35.9. The minimum atomic E-state index is -0.476. The fraction of sp³-hybridized carbons (Fsp3) is 0.421. The summed E-state index contributed by atoms with van der Waals surface area (Å²) in [5.74, 6) is 0.675. The molecule has 1 N–H and O–H groups in total. The van der Waals surface area contributed by atoms with Gasteiger partial charge in [0.2, 0.25) is 5.95 Å². The van der Waals surface area contributed by atoms with Crippen LogP contribution in [0.15, 0.2) is 33.9 Å². The van der Waals surface area contributed by atoms with Crippen LogP contribution < -0.4 is 21.0 Å². The Bertz CT molecular complexity index is 1140. The molecule has 0 radical (unpaired) electrons. The minimum absolute atomic E-state index is 0.377. The molecule has 10 heteroatoms. The van der Waals surface area contributed by atoms with Gasteiger partial charge in [-0.25, -0.2) is 4.79 Å². The predicted octanol–water partition coefficient (Wildman–Crippen LogP) is 1.05. The first kappa shape index (κ1) is 19.5. The highest BCUT2D eigenvalue weighted by atomic mass is 35.5. The van der Waals surface area contributed by atoms with E-state index in [0.717, 1.165) is 31.9 Å². The number of hydrogen-bond donors (Lipinski definition) is 1. The molecular weight excluding hydrogens is 396 g/mol. The van der Waals surface area contributed by atoms with Gasteiger partial charge in [0, 0.05) is 57.6 Å². The van der Waals surface area contributed by atoms with Crippen molar-refractivity contribution in [3.8, 4) is 0 Å². The molecule has 0 aliphatic carbocycles. The number of rotatable bonds is 5. The summed E-state index contributed by atoms with van der Waals surface area (Å²) >= 11 is 6.12. The number of fused-ring (bicyclic) bond motifs is 1. The second kappa shape index (κ2) is 7.92. The first-order valence-electron chi connectivity index (χ1n) is 9.43. The molecule has 1 fully saturated rings. The van der Waals surface area contributed by atoms with Crippen molar-refractivity contribution in [1.82, 2.24) is 19.1 Å². The van der Waals surface area contributed by atoms with Crippen LogP contribution in [0.4, 0.5) is 11.6 Å². The number of piperazine rings is 1. The lowest BCUT2D eigenvalue weighted by Crippen LogP contribution is -2.47. The molecular formula is C19H23ClN6O3. The van der Waals surface area contributed by atoms with Crippen molar-refractivity contribution in [3.05, 3.63) is 50.1 Å². The summed E-state index contributed by atoms with van der Waals surface area (Å²) in [6.45, 7) is 3.96. The van der Waals surface area contributed by atoms with Crippen molar-refractivity contribution >= 4 is 34.4 Å². The van der Waals surface area contributed by atoms with Gasteiger partial charge in [-0.1, -0.05) is 17.7 Å². The Morgan fingerprint density at radius 3 is 2.59 bits per heavy atom. The van der Waals surface area contributed by atoms with Crippen molar-refractivity contribution in [2.24, 2.45) is 7.05 Å². The fourth-order valence-electron chi connectivity index (χ4n) is 3.70. The van der Waals surface area contributed by atoms with Crippen molar-refractivity contribution in [2.45, 2.75) is 6.54 Å². The van der Waals surface area contributed by atoms with Gasteiger partial charge < -0.3 is 19.1 Å². The average molecular weight is 419 g/mol. The van der Waals surface area contributed by atoms with Crippen LogP contribution >= 0.6 is 11.6 Å². The van der Waals surface area contributed by atoms with Crippen LogP contribution in [0.5, 0.6) is 0 Å². The van der Waals surface area contributed by atoms with Crippen molar-refractivity contribution in [2.75, 3.05) is 49.7 Å².